The van der Waals surface area contributed by atoms with Crippen molar-refractivity contribution in [3.05, 3.63) is 84.3 Å². The lowest BCUT2D eigenvalue weighted by Gasteiger charge is -2.28. The first-order valence-electron chi connectivity index (χ1n) is 15.2. The van der Waals surface area contributed by atoms with E-state index in [9.17, 15) is 14.4 Å². The molecule has 1 aliphatic rings. The van der Waals surface area contributed by atoms with Crippen molar-refractivity contribution in [1.29, 1.82) is 0 Å². The van der Waals surface area contributed by atoms with Gasteiger partial charge in [-0.05, 0) is 76.6 Å². The number of ether oxygens (including phenoxy) is 2. The third kappa shape index (κ3) is 7.79. The molecule has 0 radical (unpaired) electrons. The van der Waals surface area contributed by atoms with Gasteiger partial charge in [-0.15, -0.1) is 0 Å². The summed E-state index contributed by atoms with van der Waals surface area (Å²) in [6.45, 7) is 10.1. The van der Waals surface area contributed by atoms with E-state index in [0.717, 1.165) is 41.6 Å². The molecule has 1 aliphatic heterocycles. The average Bonchev–Trinajstić information content (AvgIpc) is 3.01. The fourth-order valence-corrected chi connectivity index (χ4v) is 5.02. The molecule has 1 atom stereocenters. The Morgan fingerprint density at radius 3 is 2.54 bits per heavy atom. The molecule has 5 rings (SSSR count). The standard InChI is InChI=1S/C35H38N6O5/c1-6-7-13-41(21-42)27-11-12-28-30-20-37-32(17-29(30)22(2)45-31(28)16-27)38-25-15-26(19-36-18-25)39-33(43)23-9-8-10-24(14-23)40-34(44)46-35(3,4)5/h8-12,14-22H,6-7,13H2,1-5H3,(H,37,38)(H,39,43)(H,40,44). The first kappa shape index (κ1) is 32.0. The molecule has 0 fully saturated rings. The van der Waals surface area contributed by atoms with Crippen LogP contribution < -0.4 is 25.6 Å². The smallest absolute Gasteiger partial charge is 0.412 e. The first-order valence-corrected chi connectivity index (χ1v) is 15.2. The number of anilines is 5. The zero-order valence-corrected chi connectivity index (χ0v) is 26.6. The number of nitrogens with one attached hydrogen (secondary N) is 3. The van der Waals surface area contributed by atoms with Crippen molar-refractivity contribution in [3.63, 3.8) is 0 Å². The van der Waals surface area contributed by atoms with Gasteiger partial charge in [-0.1, -0.05) is 19.4 Å². The molecule has 11 heteroatoms. The number of hydrogen-bond donors (Lipinski definition) is 3. The Labute approximate surface area is 268 Å². The number of amides is 3. The van der Waals surface area contributed by atoms with Crippen LogP contribution in [0.4, 0.5) is 33.4 Å². The average molecular weight is 623 g/mol. The summed E-state index contributed by atoms with van der Waals surface area (Å²) in [5.74, 6) is 0.933. The van der Waals surface area contributed by atoms with Crippen LogP contribution in [0.15, 0.2) is 73.2 Å². The molecule has 0 aliphatic carbocycles. The number of pyridine rings is 2. The van der Waals surface area contributed by atoms with Gasteiger partial charge in [-0.25, -0.2) is 9.78 Å². The van der Waals surface area contributed by atoms with E-state index < -0.39 is 11.7 Å². The normalized spacial score (nSPS) is 13.4. The number of hydrogen-bond acceptors (Lipinski definition) is 8. The molecule has 0 bridgehead atoms. The molecule has 4 aromatic rings. The zero-order valence-electron chi connectivity index (χ0n) is 26.6. The Bertz CT molecular complexity index is 1750. The molecule has 2 aromatic carbocycles. The Balaban J connectivity index is 1.27. The van der Waals surface area contributed by atoms with Crippen molar-refractivity contribution in [2.75, 3.05) is 27.4 Å². The molecule has 2 aromatic heterocycles. The van der Waals surface area contributed by atoms with Gasteiger partial charge in [0.05, 0.1) is 23.8 Å². The van der Waals surface area contributed by atoms with Crippen molar-refractivity contribution in [2.24, 2.45) is 0 Å². The second kappa shape index (κ2) is 13.7. The third-order valence-electron chi connectivity index (χ3n) is 7.18. The van der Waals surface area contributed by atoms with Gasteiger partial charge in [0.1, 0.15) is 23.3 Å². The zero-order chi connectivity index (χ0) is 32.8. The highest BCUT2D eigenvalue weighted by molar-refractivity contribution is 6.05. The maximum absolute atomic E-state index is 13.0. The second-order valence-corrected chi connectivity index (χ2v) is 12.0. The summed E-state index contributed by atoms with van der Waals surface area (Å²) in [5.41, 5.74) is 4.88. The molecule has 0 saturated heterocycles. The predicted molar refractivity (Wildman–Crippen MR) is 179 cm³/mol. The van der Waals surface area contributed by atoms with E-state index in [-0.39, 0.29) is 12.0 Å². The van der Waals surface area contributed by atoms with E-state index in [1.807, 2.05) is 31.2 Å². The molecular formula is C35H38N6O5. The quantitative estimate of drug-likeness (QED) is 0.153. The monoisotopic (exact) mass is 622 g/mol. The van der Waals surface area contributed by atoms with Gasteiger partial charge in [0, 0.05) is 52.4 Å². The van der Waals surface area contributed by atoms with Crippen LogP contribution >= 0.6 is 0 Å². The van der Waals surface area contributed by atoms with Gasteiger partial charge in [0.15, 0.2) is 0 Å². The molecule has 3 N–H and O–H groups in total. The molecule has 238 valence electrons. The molecule has 3 heterocycles. The van der Waals surface area contributed by atoms with Crippen LogP contribution in [0, 0.1) is 0 Å². The minimum absolute atomic E-state index is 0.244. The summed E-state index contributed by atoms with van der Waals surface area (Å²) in [7, 11) is 0. The van der Waals surface area contributed by atoms with E-state index in [0.29, 0.717) is 40.7 Å². The highest BCUT2D eigenvalue weighted by atomic mass is 16.6. The summed E-state index contributed by atoms with van der Waals surface area (Å²) in [5, 5.41) is 8.76. The van der Waals surface area contributed by atoms with Gasteiger partial charge in [0.2, 0.25) is 6.41 Å². The van der Waals surface area contributed by atoms with Crippen LogP contribution in [0.25, 0.3) is 11.1 Å². The predicted octanol–water partition coefficient (Wildman–Crippen LogP) is 7.70. The highest BCUT2D eigenvalue weighted by Gasteiger charge is 2.25. The van der Waals surface area contributed by atoms with Gasteiger partial charge in [-0.2, -0.15) is 0 Å². The van der Waals surface area contributed by atoms with Crippen molar-refractivity contribution < 1.29 is 23.9 Å². The Hall–Kier alpha value is -5.45. The maximum Gasteiger partial charge on any atom is 0.412 e. The second-order valence-electron chi connectivity index (χ2n) is 12.0. The van der Waals surface area contributed by atoms with Crippen LogP contribution in [0.5, 0.6) is 5.75 Å². The van der Waals surface area contributed by atoms with Crippen LogP contribution in [0.1, 0.15) is 69.5 Å². The maximum atomic E-state index is 13.0. The van der Waals surface area contributed by atoms with E-state index in [1.165, 1.54) is 0 Å². The van der Waals surface area contributed by atoms with Crippen LogP contribution in [-0.4, -0.2) is 40.5 Å². The summed E-state index contributed by atoms with van der Waals surface area (Å²) in [6.07, 6.45) is 6.91. The number of nitrogens with zero attached hydrogens (tertiary/aromatic N) is 3. The number of unbranched alkanes of at least 4 members (excludes halogenated alkanes) is 1. The van der Waals surface area contributed by atoms with E-state index in [2.05, 4.69) is 32.8 Å². The fraction of sp³-hybridized carbons (Fsp3) is 0.286. The number of rotatable bonds is 10. The lowest BCUT2D eigenvalue weighted by Crippen LogP contribution is -2.27. The molecule has 3 amide bonds. The minimum atomic E-state index is -0.642. The van der Waals surface area contributed by atoms with Crippen molar-refractivity contribution in [1.82, 2.24) is 9.97 Å². The Morgan fingerprint density at radius 2 is 1.78 bits per heavy atom. The van der Waals surface area contributed by atoms with Crippen molar-refractivity contribution in [2.45, 2.75) is 59.2 Å². The number of aromatic nitrogens is 2. The molecule has 11 nitrogen and oxygen atoms in total. The molecule has 0 saturated carbocycles. The highest BCUT2D eigenvalue weighted by Crippen LogP contribution is 2.44. The molecule has 0 spiro atoms. The first-order chi connectivity index (χ1) is 22.0. The summed E-state index contributed by atoms with van der Waals surface area (Å²) >= 11 is 0. The molecular weight excluding hydrogens is 584 g/mol. The molecule has 1 unspecified atom stereocenters. The summed E-state index contributed by atoms with van der Waals surface area (Å²) < 4.78 is 11.6. The van der Waals surface area contributed by atoms with E-state index >= 15 is 0 Å². The molecule has 46 heavy (non-hydrogen) atoms. The van der Waals surface area contributed by atoms with Crippen molar-refractivity contribution in [3.8, 4) is 16.9 Å². The summed E-state index contributed by atoms with van der Waals surface area (Å²) in [4.78, 5) is 47.4. The van der Waals surface area contributed by atoms with E-state index in [4.69, 9.17) is 9.47 Å². The lowest BCUT2D eigenvalue weighted by molar-refractivity contribution is -0.107. The number of fused-ring (bicyclic) bond motifs is 3. The number of carbonyl (C=O) groups excluding carboxylic acids is 3. The fourth-order valence-electron chi connectivity index (χ4n) is 5.02. The van der Waals surface area contributed by atoms with Gasteiger partial charge in [-0.3, -0.25) is 19.9 Å². The van der Waals surface area contributed by atoms with Crippen LogP contribution in [-0.2, 0) is 9.53 Å². The lowest BCUT2D eigenvalue weighted by atomic mass is 9.94. The summed E-state index contributed by atoms with van der Waals surface area (Å²) in [6, 6.07) is 16.1. The largest absolute Gasteiger partial charge is 0.485 e. The van der Waals surface area contributed by atoms with Gasteiger partial charge in [0.25, 0.3) is 5.91 Å². The van der Waals surface area contributed by atoms with Crippen molar-refractivity contribution >= 4 is 47.0 Å². The van der Waals surface area contributed by atoms with E-state index in [1.54, 1.807) is 74.6 Å². The minimum Gasteiger partial charge on any atom is -0.485 e. The van der Waals surface area contributed by atoms with Gasteiger partial charge < -0.3 is 25.0 Å². The Kier molecular flexibility index (Phi) is 9.50. The number of carbonyl (C=O) groups is 3. The number of benzene rings is 2. The Morgan fingerprint density at radius 1 is 0.978 bits per heavy atom. The SMILES string of the molecule is CCCCN(C=O)c1ccc2c(c1)OC(C)c1cc(Nc3cncc(NC(=O)c4cccc(NC(=O)OC(C)(C)C)c4)c3)ncc1-2. The van der Waals surface area contributed by atoms with Crippen LogP contribution in [0.3, 0.4) is 0 Å². The van der Waals surface area contributed by atoms with Crippen LogP contribution in [0.2, 0.25) is 0 Å². The third-order valence-corrected chi connectivity index (χ3v) is 7.18. The van der Waals surface area contributed by atoms with Gasteiger partial charge >= 0.3 is 6.09 Å². The topological polar surface area (TPSA) is 135 Å².